The van der Waals surface area contributed by atoms with Crippen LogP contribution in [0, 0.1) is 5.82 Å². The van der Waals surface area contributed by atoms with Crippen molar-refractivity contribution in [2.24, 2.45) is 0 Å². The van der Waals surface area contributed by atoms with Gasteiger partial charge >= 0.3 is 0 Å². The highest BCUT2D eigenvalue weighted by atomic mass is 35.5. The number of aromatic nitrogens is 2. The third-order valence-electron chi connectivity index (χ3n) is 4.63. The smallest absolute Gasteiger partial charge is 0.224 e. The van der Waals surface area contributed by atoms with Crippen molar-refractivity contribution in [1.29, 1.82) is 0 Å². The Bertz CT molecular complexity index is 787. The topological polar surface area (TPSA) is 38.2 Å². The van der Waals surface area contributed by atoms with Crippen LogP contribution in [0.15, 0.2) is 35.2 Å². The first kappa shape index (κ1) is 17.1. The van der Waals surface area contributed by atoms with E-state index in [9.17, 15) is 4.39 Å². The zero-order valence-electron chi connectivity index (χ0n) is 13.9. The minimum Gasteiger partial charge on any atom is -0.377 e. The summed E-state index contributed by atoms with van der Waals surface area (Å²) in [4.78, 5) is 12.0. The highest BCUT2D eigenvalue weighted by Gasteiger charge is 2.47. The van der Waals surface area contributed by atoms with Crippen molar-refractivity contribution in [3.05, 3.63) is 47.1 Å². The molecule has 2 aromatic rings. The molecule has 0 N–H and O–H groups in total. The first-order chi connectivity index (χ1) is 12.1. The van der Waals surface area contributed by atoms with Crippen molar-refractivity contribution in [3.8, 4) is 0 Å². The van der Waals surface area contributed by atoms with Crippen LogP contribution in [0.2, 0.25) is 5.28 Å². The molecule has 1 aromatic heterocycles. The summed E-state index contributed by atoms with van der Waals surface area (Å²) in [5.74, 6) is 0.626. The van der Waals surface area contributed by atoms with E-state index < -0.39 is 0 Å². The summed E-state index contributed by atoms with van der Waals surface area (Å²) in [7, 11) is 0. The Kier molecular flexibility index (Phi) is 4.60. The van der Waals surface area contributed by atoms with Crippen LogP contribution in [0.1, 0.15) is 25.5 Å². The molecule has 0 radical (unpaired) electrons. The van der Waals surface area contributed by atoms with E-state index in [1.54, 1.807) is 23.9 Å². The van der Waals surface area contributed by atoms with E-state index in [1.165, 1.54) is 6.07 Å². The van der Waals surface area contributed by atoms with E-state index in [0.29, 0.717) is 13.2 Å². The minimum absolute atomic E-state index is 0.134. The second-order valence-corrected chi connectivity index (χ2v) is 8.35. The summed E-state index contributed by atoms with van der Waals surface area (Å²) < 4.78 is 18.9. The molecule has 0 spiro atoms. The van der Waals surface area contributed by atoms with E-state index in [-0.39, 0.29) is 21.9 Å². The van der Waals surface area contributed by atoms with E-state index in [0.717, 1.165) is 35.8 Å². The van der Waals surface area contributed by atoms with Crippen LogP contribution in [0.3, 0.4) is 0 Å². The molecule has 1 atom stereocenters. The van der Waals surface area contributed by atoms with Crippen molar-refractivity contribution in [2.75, 3.05) is 24.7 Å². The Morgan fingerprint density at radius 3 is 2.88 bits per heavy atom. The first-order valence-electron chi connectivity index (χ1n) is 8.40. The number of hydrogen-bond acceptors (Lipinski definition) is 5. The average Bonchev–Trinajstić information content (AvgIpc) is 3.35. The lowest BCUT2D eigenvalue weighted by atomic mass is 10.2. The average molecular weight is 380 g/mol. The predicted octanol–water partition coefficient (Wildman–Crippen LogP) is 4.28. The van der Waals surface area contributed by atoms with Gasteiger partial charge in [-0.2, -0.15) is 0 Å². The zero-order valence-corrected chi connectivity index (χ0v) is 15.5. The van der Waals surface area contributed by atoms with Gasteiger partial charge in [0.15, 0.2) is 0 Å². The van der Waals surface area contributed by atoms with Crippen LogP contribution < -0.4 is 4.90 Å². The van der Waals surface area contributed by atoms with Crippen LogP contribution in [0.25, 0.3) is 0 Å². The van der Waals surface area contributed by atoms with E-state index in [4.69, 9.17) is 16.3 Å². The zero-order chi connectivity index (χ0) is 17.4. The second-order valence-electron chi connectivity index (χ2n) is 6.55. The Hall–Kier alpha value is -1.37. The molecule has 4 rings (SSSR count). The number of thioether (sulfide) groups is 1. The van der Waals surface area contributed by atoms with Crippen LogP contribution in [-0.2, 0) is 9.48 Å². The van der Waals surface area contributed by atoms with E-state index in [2.05, 4.69) is 21.8 Å². The molecule has 0 amide bonds. The third kappa shape index (κ3) is 3.61. The van der Waals surface area contributed by atoms with Gasteiger partial charge in [-0.05, 0) is 49.6 Å². The van der Waals surface area contributed by atoms with Gasteiger partial charge in [0.25, 0.3) is 0 Å². The summed E-state index contributed by atoms with van der Waals surface area (Å²) in [5.41, 5.74) is 0.926. The van der Waals surface area contributed by atoms with Gasteiger partial charge in [0.1, 0.15) is 11.6 Å². The SMILES string of the molecule is C[C@H]1COCCN1c1cc(C2(Sc3cccc(F)c3)CC2)nc(Cl)n1. The first-order valence-corrected chi connectivity index (χ1v) is 9.59. The normalized spacial score (nSPS) is 22.0. The molecule has 1 saturated heterocycles. The van der Waals surface area contributed by atoms with Crippen LogP contribution in [0.5, 0.6) is 0 Å². The maximum atomic E-state index is 13.5. The van der Waals surface area contributed by atoms with Gasteiger partial charge < -0.3 is 9.64 Å². The molecule has 1 saturated carbocycles. The van der Waals surface area contributed by atoms with Gasteiger partial charge in [0.05, 0.1) is 29.7 Å². The molecule has 2 fully saturated rings. The summed E-state index contributed by atoms with van der Waals surface area (Å²) in [6.07, 6.45) is 2.00. The molecule has 1 aromatic carbocycles. The fraction of sp³-hybridized carbons (Fsp3) is 0.444. The maximum Gasteiger partial charge on any atom is 0.224 e. The molecule has 0 bridgehead atoms. The summed E-state index contributed by atoms with van der Waals surface area (Å²) in [6.45, 7) is 4.27. The molecule has 132 valence electrons. The third-order valence-corrected chi connectivity index (χ3v) is 6.29. The molecular weight excluding hydrogens is 361 g/mol. The number of nitrogens with zero attached hydrogens (tertiary/aromatic N) is 3. The van der Waals surface area contributed by atoms with Gasteiger partial charge in [-0.3, -0.25) is 0 Å². The Morgan fingerprint density at radius 1 is 1.32 bits per heavy atom. The van der Waals surface area contributed by atoms with E-state index >= 15 is 0 Å². The second kappa shape index (κ2) is 6.74. The summed E-state index contributed by atoms with van der Waals surface area (Å²) >= 11 is 7.89. The van der Waals surface area contributed by atoms with Gasteiger partial charge in [0.2, 0.25) is 5.28 Å². The van der Waals surface area contributed by atoms with Gasteiger partial charge in [-0.25, -0.2) is 14.4 Å². The maximum absolute atomic E-state index is 13.5. The Balaban J connectivity index is 1.63. The predicted molar refractivity (Wildman–Crippen MR) is 97.8 cm³/mol. The number of halogens is 2. The minimum atomic E-state index is -0.218. The molecule has 2 aliphatic rings. The van der Waals surface area contributed by atoms with E-state index in [1.807, 2.05) is 12.1 Å². The number of rotatable bonds is 4. The standard InChI is InChI=1S/C18H19ClFN3OS/c1-12-11-24-8-7-23(12)16-10-15(21-17(19)22-16)18(5-6-18)25-14-4-2-3-13(20)9-14/h2-4,9-10,12H,5-8,11H2,1H3/t12-/m0/s1. The highest BCUT2D eigenvalue weighted by Crippen LogP contribution is 2.59. The summed E-state index contributed by atoms with van der Waals surface area (Å²) in [5, 5.41) is 0.261. The lowest BCUT2D eigenvalue weighted by Crippen LogP contribution is -2.44. The number of anilines is 1. The van der Waals surface area contributed by atoms with Gasteiger partial charge in [-0.15, -0.1) is 11.8 Å². The number of morpholine rings is 1. The molecule has 1 aliphatic heterocycles. The molecule has 1 aliphatic carbocycles. The van der Waals surface area contributed by atoms with Gasteiger partial charge in [0, 0.05) is 17.5 Å². The molecular formula is C18H19ClFN3OS. The van der Waals surface area contributed by atoms with Crippen molar-refractivity contribution in [1.82, 2.24) is 9.97 Å². The monoisotopic (exact) mass is 379 g/mol. The molecule has 25 heavy (non-hydrogen) atoms. The van der Waals surface area contributed by atoms with Crippen molar-refractivity contribution < 1.29 is 9.13 Å². The molecule has 4 nitrogen and oxygen atoms in total. The molecule has 0 unspecified atom stereocenters. The van der Waals surface area contributed by atoms with Crippen molar-refractivity contribution >= 4 is 29.2 Å². The van der Waals surface area contributed by atoms with Crippen LogP contribution in [0.4, 0.5) is 10.2 Å². The Labute approximate surface area is 155 Å². The van der Waals surface area contributed by atoms with Crippen molar-refractivity contribution in [2.45, 2.75) is 35.4 Å². The molecule has 2 heterocycles. The quantitative estimate of drug-likeness (QED) is 0.741. The van der Waals surface area contributed by atoms with Crippen LogP contribution in [-0.4, -0.2) is 35.8 Å². The Morgan fingerprint density at radius 2 is 2.16 bits per heavy atom. The van der Waals surface area contributed by atoms with Crippen molar-refractivity contribution in [3.63, 3.8) is 0 Å². The highest BCUT2D eigenvalue weighted by molar-refractivity contribution is 8.00. The fourth-order valence-corrected chi connectivity index (χ4v) is 4.60. The lowest BCUT2D eigenvalue weighted by molar-refractivity contribution is 0.0985. The molecule has 7 heteroatoms. The lowest BCUT2D eigenvalue weighted by Gasteiger charge is -2.34. The number of ether oxygens (including phenoxy) is 1. The van der Waals surface area contributed by atoms with Gasteiger partial charge in [-0.1, -0.05) is 6.07 Å². The fourth-order valence-electron chi connectivity index (χ4n) is 3.13. The summed E-state index contributed by atoms with van der Waals surface area (Å²) in [6, 6.07) is 8.98. The number of benzene rings is 1. The van der Waals surface area contributed by atoms with Crippen LogP contribution >= 0.6 is 23.4 Å². The largest absolute Gasteiger partial charge is 0.377 e. The number of hydrogen-bond donors (Lipinski definition) is 0.